The van der Waals surface area contributed by atoms with E-state index in [1.807, 2.05) is 20.0 Å². The lowest BCUT2D eigenvalue weighted by atomic mass is 10.0. The highest BCUT2D eigenvalue weighted by atomic mass is 16.5. The molecule has 0 bridgehead atoms. The van der Waals surface area contributed by atoms with Crippen molar-refractivity contribution in [3.8, 4) is 0 Å². The van der Waals surface area contributed by atoms with Gasteiger partial charge in [-0.15, -0.1) is 0 Å². The molecule has 0 spiro atoms. The van der Waals surface area contributed by atoms with E-state index >= 15 is 0 Å². The van der Waals surface area contributed by atoms with Crippen LogP contribution < -0.4 is 5.73 Å². The second kappa shape index (κ2) is 4.11. The Labute approximate surface area is 96.2 Å². The van der Waals surface area contributed by atoms with Crippen LogP contribution in [-0.4, -0.2) is 16.6 Å². The third-order valence-corrected chi connectivity index (χ3v) is 3.20. The largest absolute Gasteiger partial charge is 0.367 e. The standard InChI is InChI=1S/C12H19N3O/c1-8(13)10-7-14-11(15-9(10)2)12(3)5-4-6-16-12/h7-8H,4-6,13H2,1-3H3/t8-,12?/m0/s1. The second-order valence-electron chi connectivity index (χ2n) is 4.71. The maximum absolute atomic E-state index is 5.84. The fraction of sp³-hybridized carbons (Fsp3) is 0.667. The summed E-state index contributed by atoms with van der Waals surface area (Å²) in [4.78, 5) is 8.93. The first-order valence-electron chi connectivity index (χ1n) is 5.76. The van der Waals surface area contributed by atoms with Gasteiger partial charge in [0.25, 0.3) is 0 Å². The molecule has 0 amide bonds. The zero-order valence-corrected chi connectivity index (χ0v) is 10.2. The molecular formula is C12H19N3O. The number of ether oxygens (including phenoxy) is 1. The van der Waals surface area contributed by atoms with Crippen molar-refractivity contribution in [2.45, 2.75) is 45.3 Å². The van der Waals surface area contributed by atoms with Gasteiger partial charge in [-0.3, -0.25) is 0 Å². The number of nitrogens with two attached hydrogens (primary N) is 1. The average Bonchev–Trinajstić information content (AvgIpc) is 2.66. The lowest BCUT2D eigenvalue weighted by Crippen LogP contribution is -2.24. The minimum Gasteiger partial charge on any atom is -0.367 e. The topological polar surface area (TPSA) is 61.0 Å². The SMILES string of the molecule is Cc1nc(C2(C)CCCO2)ncc1[C@H](C)N. The van der Waals surface area contributed by atoms with E-state index in [9.17, 15) is 0 Å². The summed E-state index contributed by atoms with van der Waals surface area (Å²) in [6.07, 6.45) is 3.90. The molecule has 1 aliphatic heterocycles. The minimum atomic E-state index is -0.304. The third kappa shape index (κ3) is 1.95. The highest BCUT2D eigenvalue weighted by molar-refractivity contribution is 5.21. The second-order valence-corrected chi connectivity index (χ2v) is 4.71. The van der Waals surface area contributed by atoms with Crippen LogP contribution in [0.2, 0.25) is 0 Å². The number of aromatic nitrogens is 2. The number of hydrogen-bond acceptors (Lipinski definition) is 4. The Bertz CT molecular complexity index is 384. The quantitative estimate of drug-likeness (QED) is 0.827. The highest BCUT2D eigenvalue weighted by Crippen LogP contribution is 2.33. The molecule has 2 atom stereocenters. The molecule has 1 aliphatic rings. The highest BCUT2D eigenvalue weighted by Gasteiger charge is 2.34. The van der Waals surface area contributed by atoms with Gasteiger partial charge in [0, 0.05) is 30.1 Å². The maximum Gasteiger partial charge on any atom is 0.160 e. The van der Waals surface area contributed by atoms with Crippen molar-refractivity contribution in [3.63, 3.8) is 0 Å². The van der Waals surface area contributed by atoms with Crippen molar-refractivity contribution < 1.29 is 4.74 Å². The van der Waals surface area contributed by atoms with E-state index in [2.05, 4.69) is 16.9 Å². The molecule has 1 unspecified atom stereocenters. The van der Waals surface area contributed by atoms with E-state index in [-0.39, 0.29) is 11.6 Å². The fourth-order valence-corrected chi connectivity index (χ4v) is 2.13. The smallest absolute Gasteiger partial charge is 0.160 e. The van der Waals surface area contributed by atoms with Crippen molar-refractivity contribution in [2.75, 3.05) is 6.61 Å². The Morgan fingerprint density at radius 1 is 1.56 bits per heavy atom. The lowest BCUT2D eigenvalue weighted by Gasteiger charge is -2.22. The molecule has 88 valence electrons. The molecule has 0 aromatic carbocycles. The molecule has 1 saturated heterocycles. The monoisotopic (exact) mass is 221 g/mol. The molecule has 1 aromatic heterocycles. The Balaban J connectivity index is 2.34. The molecule has 4 nitrogen and oxygen atoms in total. The number of hydrogen-bond donors (Lipinski definition) is 1. The van der Waals surface area contributed by atoms with Crippen LogP contribution in [-0.2, 0) is 10.3 Å². The van der Waals surface area contributed by atoms with Crippen molar-refractivity contribution in [1.29, 1.82) is 0 Å². The summed E-state index contributed by atoms with van der Waals surface area (Å²) in [7, 11) is 0. The summed E-state index contributed by atoms with van der Waals surface area (Å²) in [6, 6.07) is -0.0219. The summed E-state index contributed by atoms with van der Waals surface area (Å²) < 4.78 is 5.73. The van der Waals surface area contributed by atoms with Crippen LogP contribution in [0.4, 0.5) is 0 Å². The van der Waals surface area contributed by atoms with Crippen LogP contribution in [0.5, 0.6) is 0 Å². The molecule has 0 aliphatic carbocycles. The van der Waals surface area contributed by atoms with Gasteiger partial charge in [0.15, 0.2) is 5.82 Å². The van der Waals surface area contributed by atoms with Gasteiger partial charge in [0.1, 0.15) is 5.60 Å². The fourth-order valence-electron chi connectivity index (χ4n) is 2.13. The number of nitrogens with zero attached hydrogens (tertiary/aromatic N) is 2. The predicted molar refractivity (Wildman–Crippen MR) is 61.9 cm³/mol. The Kier molecular flexibility index (Phi) is 2.95. The van der Waals surface area contributed by atoms with E-state index in [0.717, 1.165) is 36.5 Å². The Morgan fingerprint density at radius 2 is 2.31 bits per heavy atom. The molecule has 0 saturated carbocycles. The van der Waals surface area contributed by atoms with E-state index in [4.69, 9.17) is 10.5 Å². The van der Waals surface area contributed by atoms with Gasteiger partial charge in [-0.05, 0) is 33.6 Å². The molecule has 1 fully saturated rings. The first-order valence-corrected chi connectivity index (χ1v) is 5.76. The molecule has 2 N–H and O–H groups in total. The van der Waals surface area contributed by atoms with Gasteiger partial charge in [0.2, 0.25) is 0 Å². The van der Waals surface area contributed by atoms with Gasteiger partial charge >= 0.3 is 0 Å². The summed E-state index contributed by atoms with van der Waals surface area (Å²) in [5.41, 5.74) is 7.50. The number of rotatable bonds is 2. The van der Waals surface area contributed by atoms with Crippen LogP contribution in [0.1, 0.15) is 49.8 Å². The summed E-state index contributed by atoms with van der Waals surface area (Å²) in [5.74, 6) is 0.784. The number of aryl methyl sites for hydroxylation is 1. The zero-order chi connectivity index (χ0) is 11.8. The lowest BCUT2D eigenvalue weighted by molar-refractivity contribution is 0.00913. The van der Waals surface area contributed by atoms with Crippen molar-refractivity contribution >= 4 is 0 Å². The van der Waals surface area contributed by atoms with Gasteiger partial charge in [-0.2, -0.15) is 0 Å². The van der Waals surface area contributed by atoms with Crippen molar-refractivity contribution in [3.05, 3.63) is 23.3 Å². The van der Waals surface area contributed by atoms with Crippen LogP contribution in [0.3, 0.4) is 0 Å². The zero-order valence-electron chi connectivity index (χ0n) is 10.2. The van der Waals surface area contributed by atoms with Gasteiger partial charge < -0.3 is 10.5 Å². The van der Waals surface area contributed by atoms with Crippen LogP contribution in [0.15, 0.2) is 6.20 Å². The first kappa shape index (κ1) is 11.5. The Morgan fingerprint density at radius 3 is 2.81 bits per heavy atom. The molecule has 1 aromatic rings. The average molecular weight is 221 g/mol. The van der Waals surface area contributed by atoms with Gasteiger partial charge in [0.05, 0.1) is 0 Å². The van der Waals surface area contributed by atoms with Gasteiger partial charge in [-0.25, -0.2) is 9.97 Å². The van der Waals surface area contributed by atoms with E-state index in [1.54, 1.807) is 0 Å². The minimum absolute atomic E-state index is 0.0219. The Hall–Kier alpha value is -1.00. The molecule has 2 rings (SSSR count). The van der Waals surface area contributed by atoms with Gasteiger partial charge in [-0.1, -0.05) is 0 Å². The van der Waals surface area contributed by atoms with E-state index in [1.165, 1.54) is 0 Å². The summed E-state index contributed by atoms with van der Waals surface area (Å²) in [5, 5.41) is 0. The van der Waals surface area contributed by atoms with Crippen LogP contribution in [0.25, 0.3) is 0 Å². The van der Waals surface area contributed by atoms with Crippen molar-refractivity contribution in [2.24, 2.45) is 5.73 Å². The molecule has 16 heavy (non-hydrogen) atoms. The third-order valence-electron chi connectivity index (χ3n) is 3.20. The van der Waals surface area contributed by atoms with E-state index in [0.29, 0.717) is 0 Å². The van der Waals surface area contributed by atoms with E-state index < -0.39 is 0 Å². The normalized spacial score (nSPS) is 27.0. The van der Waals surface area contributed by atoms with Crippen LogP contribution >= 0.6 is 0 Å². The predicted octanol–water partition coefficient (Wildman–Crippen LogP) is 1.83. The van der Waals surface area contributed by atoms with Crippen molar-refractivity contribution in [1.82, 2.24) is 9.97 Å². The van der Waals surface area contributed by atoms with Crippen LogP contribution in [0, 0.1) is 6.92 Å². The molecular weight excluding hydrogens is 202 g/mol. The molecule has 4 heteroatoms. The summed E-state index contributed by atoms with van der Waals surface area (Å²) in [6.45, 7) is 6.77. The first-order chi connectivity index (χ1) is 7.53. The molecule has 0 radical (unpaired) electrons. The summed E-state index contributed by atoms with van der Waals surface area (Å²) >= 11 is 0. The maximum atomic E-state index is 5.84. The molecule has 2 heterocycles.